The number of aliphatic carboxylic acids is 2. The molecular formula is C25H32N2O6. The number of fused-ring (bicyclic) bond motifs is 1. The van der Waals surface area contributed by atoms with Crippen molar-refractivity contribution in [1.29, 1.82) is 0 Å². The molecule has 0 aliphatic carbocycles. The second-order valence-corrected chi connectivity index (χ2v) is 8.47. The van der Waals surface area contributed by atoms with Gasteiger partial charge < -0.3 is 24.7 Å². The van der Waals surface area contributed by atoms with Crippen LogP contribution in [0.1, 0.15) is 38.5 Å². The van der Waals surface area contributed by atoms with E-state index >= 15 is 0 Å². The number of hydrogen-bond donors (Lipinski definition) is 2. The molecule has 178 valence electrons. The van der Waals surface area contributed by atoms with Gasteiger partial charge in [0.05, 0.1) is 0 Å². The van der Waals surface area contributed by atoms with Gasteiger partial charge in [-0.2, -0.15) is 0 Å². The highest BCUT2D eigenvalue weighted by molar-refractivity contribution is 6.27. The van der Waals surface area contributed by atoms with Gasteiger partial charge in [-0.15, -0.1) is 0 Å². The summed E-state index contributed by atoms with van der Waals surface area (Å²) in [5.41, 5.74) is 0. The molecule has 33 heavy (non-hydrogen) atoms. The summed E-state index contributed by atoms with van der Waals surface area (Å²) in [6.07, 6.45) is 7.61. The van der Waals surface area contributed by atoms with E-state index in [0.717, 1.165) is 37.1 Å². The van der Waals surface area contributed by atoms with Crippen LogP contribution in [0.5, 0.6) is 5.75 Å². The van der Waals surface area contributed by atoms with Crippen LogP contribution >= 0.6 is 0 Å². The Hall–Kier alpha value is -3.13. The van der Waals surface area contributed by atoms with Crippen LogP contribution in [0.15, 0.2) is 42.5 Å². The normalized spacial score (nSPS) is 17.5. The van der Waals surface area contributed by atoms with Gasteiger partial charge >= 0.3 is 11.9 Å². The van der Waals surface area contributed by atoms with Gasteiger partial charge in [0.2, 0.25) is 0 Å². The number of ether oxygens (including phenoxy) is 1. The molecule has 8 nitrogen and oxygen atoms in total. The number of carbonyl (C=O) groups excluding carboxylic acids is 1. The number of carbonyl (C=O) groups is 3. The van der Waals surface area contributed by atoms with Crippen molar-refractivity contribution in [3.8, 4) is 5.75 Å². The van der Waals surface area contributed by atoms with Gasteiger partial charge in [-0.05, 0) is 61.7 Å². The first-order valence-corrected chi connectivity index (χ1v) is 11.5. The minimum Gasteiger partial charge on any atom is -0.484 e. The number of nitrogens with zero attached hydrogens (tertiary/aromatic N) is 2. The third kappa shape index (κ3) is 7.46. The average Bonchev–Trinajstić information content (AvgIpc) is 3.12. The maximum atomic E-state index is 12.6. The van der Waals surface area contributed by atoms with Crippen molar-refractivity contribution >= 4 is 28.6 Å². The monoisotopic (exact) mass is 456 g/mol. The van der Waals surface area contributed by atoms with E-state index in [4.69, 9.17) is 24.5 Å². The maximum Gasteiger partial charge on any atom is 0.414 e. The van der Waals surface area contributed by atoms with Gasteiger partial charge in [0.15, 0.2) is 6.61 Å². The molecule has 0 bridgehead atoms. The minimum atomic E-state index is -1.82. The summed E-state index contributed by atoms with van der Waals surface area (Å²) in [4.78, 5) is 35.4. The van der Waals surface area contributed by atoms with Gasteiger partial charge in [0.1, 0.15) is 5.75 Å². The van der Waals surface area contributed by atoms with Crippen LogP contribution < -0.4 is 4.74 Å². The summed E-state index contributed by atoms with van der Waals surface area (Å²) in [5.74, 6) is -2.77. The molecule has 2 N–H and O–H groups in total. The smallest absolute Gasteiger partial charge is 0.414 e. The van der Waals surface area contributed by atoms with Gasteiger partial charge in [-0.3, -0.25) is 4.79 Å². The number of piperidine rings is 1. The van der Waals surface area contributed by atoms with E-state index in [1.807, 2.05) is 35.2 Å². The Kier molecular flexibility index (Phi) is 9.06. The molecule has 0 saturated carbocycles. The van der Waals surface area contributed by atoms with Crippen LogP contribution in [0.3, 0.4) is 0 Å². The van der Waals surface area contributed by atoms with Crippen molar-refractivity contribution in [2.24, 2.45) is 0 Å². The predicted molar refractivity (Wildman–Crippen MR) is 124 cm³/mol. The zero-order valence-corrected chi connectivity index (χ0v) is 18.8. The van der Waals surface area contributed by atoms with Crippen molar-refractivity contribution in [3.63, 3.8) is 0 Å². The summed E-state index contributed by atoms with van der Waals surface area (Å²) in [7, 11) is 0. The lowest BCUT2D eigenvalue weighted by atomic mass is 10.0. The lowest BCUT2D eigenvalue weighted by molar-refractivity contribution is -0.159. The lowest BCUT2D eigenvalue weighted by Gasteiger charge is -2.38. The first kappa shape index (κ1) is 24.5. The highest BCUT2D eigenvalue weighted by Crippen LogP contribution is 2.22. The summed E-state index contributed by atoms with van der Waals surface area (Å²) in [6, 6.07) is 14.9. The third-order valence-electron chi connectivity index (χ3n) is 6.24. The molecule has 2 aliphatic heterocycles. The summed E-state index contributed by atoms with van der Waals surface area (Å²) in [6.45, 7) is 4.34. The Morgan fingerprint density at radius 1 is 0.818 bits per heavy atom. The van der Waals surface area contributed by atoms with Crippen LogP contribution in [0.4, 0.5) is 0 Å². The van der Waals surface area contributed by atoms with Crippen molar-refractivity contribution in [2.75, 3.05) is 32.8 Å². The molecule has 0 atom stereocenters. The van der Waals surface area contributed by atoms with Crippen LogP contribution in [0, 0.1) is 0 Å². The van der Waals surface area contributed by atoms with E-state index in [-0.39, 0.29) is 12.5 Å². The number of amides is 1. The van der Waals surface area contributed by atoms with Gasteiger partial charge in [-0.1, -0.05) is 43.2 Å². The number of benzene rings is 2. The number of rotatable bonds is 4. The van der Waals surface area contributed by atoms with E-state index in [9.17, 15) is 4.79 Å². The van der Waals surface area contributed by atoms with Gasteiger partial charge in [-0.25, -0.2) is 9.59 Å². The molecule has 0 radical (unpaired) electrons. The van der Waals surface area contributed by atoms with Crippen LogP contribution in [0.2, 0.25) is 0 Å². The Morgan fingerprint density at radius 3 is 2.03 bits per heavy atom. The zero-order chi connectivity index (χ0) is 23.6. The first-order chi connectivity index (χ1) is 15.9. The average molecular weight is 457 g/mol. The molecular weight excluding hydrogens is 424 g/mol. The van der Waals surface area contributed by atoms with Gasteiger partial charge in [0, 0.05) is 19.1 Å². The molecule has 0 aromatic heterocycles. The Bertz CT molecular complexity index is 935. The van der Waals surface area contributed by atoms with Crippen molar-refractivity contribution in [3.05, 3.63) is 42.5 Å². The Balaban J connectivity index is 0.000000454. The molecule has 2 fully saturated rings. The number of likely N-dealkylation sites (tertiary alicyclic amines) is 2. The maximum absolute atomic E-state index is 12.6. The first-order valence-electron chi connectivity index (χ1n) is 11.5. The van der Waals surface area contributed by atoms with Crippen molar-refractivity contribution < 1.29 is 29.3 Å². The quantitative estimate of drug-likeness (QED) is 0.680. The van der Waals surface area contributed by atoms with E-state index in [2.05, 4.69) is 17.0 Å². The third-order valence-corrected chi connectivity index (χ3v) is 6.24. The molecule has 8 heteroatoms. The second kappa shape index (κ2) is 12.2. The molecule has 2 heterocycles. The zero-order valence-electron chi connectivity index (χ0n) is 18.8. The van der Waals surface area contributed by atoms with E-state index in [1.165, 1.54) is 44.2 Å². The Labute approximate surface area is 193 Å². The summed E-state index contributed by atoms with van der Waals surface area (Å²) < 4.78 is 5.79. The molecule has 0 unspecified atom stereocenters. The topological polar surface area (TPSA) is 107 Å². The molecule has 4 rings (SSSR count). The number of carboxylic acid groups (broad SMARTS) is 2. The predicted octanol–water partition coefficient (Wildman–Crippen LogP) is 3.24. The van der Waals surface area contributed by atoms with E-state index < -0.39 is 11.9 Å². The van der Waals surface area contributed by atoms with Crippen molar-refractivity contribution in [1.82, 2.24) is 9.80 Å². The summed E-state index contributed by atoms with van der Waals surface area (Å²) >= 11 is 0. The fourth-order valence-corrected chi connectivity index (χ4v) is 4.43. The van der Waals surface area contributed by atoms with E-state index in [0.29, 0.717) is 6.04 Å². The highest BCUT2D eigenvalue weighted by atomic mass is 16.5. The van der Waals surface area contributed by atoms with Crippen LogP contribution in [-0.4, -0.2) is 76.7 Å². The molecule has 1 amide bonds. The second-order valence-electron chi connectivity index (χ2n) is 8.47. The molecule has 2 aromatic rings. The fourth-order valence-electron chi connectivity index (χ4n) is 4.43. The minimum absolute atomic E-state index is 0.109. The fraction of sp³-hybridized carbons (Fsp3) is 0.480. The standard InChI is InChI=1S/C23H30N2O2.C2H2O4/c26-23(18-27-22-10-9-19-7-3-4-8-20(19)17-22)25-15-11-21(12-16-25)24-13-5-1-2-6-14-24;3-1(4)2(5)6/h3-4,7-10,17,21H,1-2,5-6,11-16,18H2;(H,3,4)(H,5,6). The van der Waals surface area contributed by atoms with Crippen LogP contribution in [-0.2, 0) is 14.4 Å². The van der Waals surface area contributed by atoms with E-state index in [1.54, 1.807) is 0 Å². The highest BCUT2D eigenvalue weighted by Gasteiger charge is 2.27. The van der Waals surface area contributed by atoms with Gasteiger partial charge in [0.25, 0.3) is 5.91 Å². The number of carboxylic acids is 2. The Morgan fingerprint density at radius 2 is 1.42 bits per heavy atom. The SMILES string of the molecule is O=C(COc1ccc2ccccc2c1)N1CCC(N2CCCCCC2)CC1.O=C(O)C(=O)O. The van der Waals surface area contributed by atoms with Crippen molar-refractivity contribution in [2.45, 2.75) is 44.6 Å². The lowest BCUT2D eigenvalue weighted by Crippen LogP contribution is -2.48. The number of hydrogen-bond acceptors (Lipinski definition) is 5. The van der Waals surface area contributed by atoms with Crippen LogP contribution in [0.25, 0.3) is 10.8 Å². The largest absolute Gasteiger partial charge is 0.484 e. The molecule has 2 aromatic carbocycles. The molecule has 2 saturated heterocycles. The molecule has 2 aliphatic rings. The summed E-state index contributed by atoms with van der Waals surface area (Å²) in [5, 5.41) is 17.1. The molecule has 0 spiro atoms.